The van der Waals surface area contributed by atoms with Crippen LogP contribution in [0.3, 0.4) is 0 Å². The number of rotatable bonds is 4. The van der Waals surface area contributed by atoms with Crippen molar-refractivity contribution in [3.8, 4) is 5.75 Å². The summed E-state index contributed by atoms with van der Waals surface area (Å²) in [6.45, 7) is 3.54. The lowest BCUT2D eigenvalue weighted by Gasteiger charge is -2.07. The van der Waals surface area contributed by atoms with Crippen molar-refractivity contribution >= 4 is 32.2 Å². The lowest BCUT2D eigenvalue weighted by Crippen LogP contribution is -2.19. The van der Waals surface area contributed by atoms with Crippen molar-refractivity contribution in [2.45, 2.75) is 18.7 Å². The second kappa shape index (κ2) is 6.50. The maximum atomic E-state index is 12.3. The number of hydrogen-bond acceptors (Lipinski definition) is 4. The first-order chi connectivity index (χ1) is 10.3. The number of phenolic OH excluding ortho intramolecular Hbond substituents is 1. The van der Waals surface area contributed by atoms with Crippen molar-refractivity contribution in [3.63, 3.8) is 0 Å². The van der Waals surface area contributed by atoms with Gasteiger partial charge in [-0.1, -0.05) is 28.1 Å². The third-order valence-corrected chi connectivity index (χ3v) is 4.86. The minimum Gasteiger partial charge on any atom is -0.507 e. The Kier molecular flexibility index (Phi) is 4.87. The molecular weight excluding hydrogens is 368 g/mol. The molecule has 0 aromatic heterocycles. The summed E-state index contributed by atoms with van der Waals surface area (Å²) in [6.07, 6.45) is 1.25. The summed E-state index contributed by atoms with van der Waals surface area (Å²) in [6, 6.07) is 9.97. The van der Waals surface area contributed by atoms with Gasteiger partial charge in [0.2, 0.25) is 0 Å². The molecule has 0 aliphatic carbocycles. The minimum absolute atomic E-state index is 0.0119. The van der Waals surface area contributed by atoms with Gasteiger partial charge >= 0.3 is 0 Å². The zero-order valence-corrected chi connectivity index (χ0v) is 14.4. The number of aryl methyl sites for hydroxylation is 2. The molecular formula is C15H15BrN2O3S. The van der Waals surface area contributed by atoms with E-state index in [1.807, 2.05) is 13.0 Å². The predicted molar refractivity (Wildman–Crippen MR) is 89.6 cm³/mol. The van der Waals surface area contributed by atoms with E-state index in [-0.39, 0.29) is 10.6 Å². The lowest BCUT2D eigenvalue weighted by atomic mass is 10.2. The molecule has 2 rings (SSSR count). The van der Waals surface area contributed by atoms with Gasteiger partial charge in [0.1, 0.15) is 5.75 Å². The van der Waals surface area contributed by atoms with Crippen molar-refractivity contribution in [1.29, 1.82) is 0 Å². The van der Waals surface area contributed by atoms with Gasteiger partial charge in [-0.3, -0.25) is 0 Å². The molecule has 0 radical (unpaired) electrons. The summed E-state index contributed by atoms with van der Waals surface area (Å²) in [5.74, 6) is 0.0119. The smallest absolute Gasteiger partial charge is 0.276 e. The molecule has 2 aromatic carbocycles. The second-order valence-corrected chi connectivity index (χ2v) is 7.37. The Bertz CT molecular complexity index is 833. The molecule has 0 fully saturated rings. The van der Waals surface area contributed by atoms with E-state index >= 15 is 0 Å². The highest BCUT2D eigenvalue weighted by Gasteiger charge is 2.15. The highest BCUT2D eigenvalue weighted by molar-refractivity contribution is 9.10. The highest BCUT2D eigenvalue weighted by atomic mass is 79.9. The van der Waals surface area contributed by atoms with E-state index in [0.29, 0.717) is 11.1 Å². The van der Waals surface area contributed by atoms with E-state index in [1.54, 1.807) is 31.2 Å². The SMILES string of the molecule is Cc1ccc(C)c(S(=O)(=O)NN=Cc2cc(Br)ccc2O)c1. The molecule has 0 bridgehead atoms. The van der Waals surface area contributed by atoms with Gasteiger partial charge in [0.05, 0.1) is 11.1 Å². The van der Waals surface area contributed by atoms with Crippen LogP contribution >= 0.6 is 15.9 Å². The maximum absolute atomic E-state index is 12.3. The Morgan fingerprint density at radius 3 is 2.64 bits per heavy atom. The summed E-state index contributed by atoms with van der Waals surface area (Å²) in [4.78, 5) is 2.34. The molecule has 0 atom stereocenters. The number of benzene rings is 2. The minimum atomic E-state index is -3.75. The molecule has 2 N–H and O–H groups in total. The molecule has 0 amide bonds. The summed E-state index contributed by atoms with van der Waals surface area (Å²) < 4.78 is 25.3. The van der Waals surface area contributed by atoms with Crippen LogP contribution in [0, 0.1) is 13.8 Å². The Morgan fingerprint density at radius 2 is 1.91 bits per heavy atom. The maximum Gasteiger partial charge on any atom is 0.276 e. The molecule has 5 nitrogen and oxygen atoms in total. The second-order valence-electron chi connectivity index (χ2n) is 4.83. The van der Waals surface area contributed by atoms with Crippen LogP contribution in [0.15, 0.2) is 50.9 Å². The zero-order chi connectivity index (χ0) is 16.3. The molecule has 0 spiro atoms. The summed E-state index contributed by atoms with van der Waals surface area (Å²) >= 11 is 3.27. The third kappa shape index (κ3) is 3.86. The molecule has 0 heterocycles. The fourth-order valence-electron chi connectivity index (χ4n) is 1.84. The van der Waals surface area contributed by atoms with E-state index < -0.39 is 10.0 Å². The Labute approximate surface area is 137 Å². The molecule has 2 aromatic rings. The first kappa shape index (κ1) is 16.5. The zero-order valence-electron chi connectivity index (χ0n) is 12.0. The fourth-order valence-corrected chi connectivity index (χ4v) is 3.34. The molecule has 0 aliphatic rings. The van der Waals surface area contributed by atoms with Gasteiger partial charge < -0.3 is 5.11 Å². The van der Waals surface area contributed by atoms with Crippen molar-refractivity contribution < 1.29 is 13.5 Å². The predicted octanol–water partition coefficient (Wildman–Crippen LogP) is 3.08. The molecule has 0 saturated carbocycles. The van der Waals surface area contributed by atoms with Crippen molar-refractivity contribution in [1.82, 2.24) is 4.83 Å². The molecule has 116 valence electrons. The fraction of sp³-hybridized carbons (Fsp3) is 0.133. The van der Waals surface area contributed by atoms with Gasteiger partial charge in [-0.15, -0.1) is 0 Å². The average molecular weight is 383 g/mol. The van der Waals surface area contributed by atoms with Crippen LogP contribution in [0.4, 0.5) is 0 Å². The normalized spacial score (nSPS) is 11.8. The molecule has 0 aliphatic heterocycles. The number of hydrazone groups is 1. The Hall–Kier alpha value is -1.86. The van der Waals surface area contributed by atoms with Gasteiger partial charge in [0.15, 0.2) is 0 Å². The number of hydrogen-bond donors (Lipinski definition) is 2. The quantitative estimate of drug-likeness (QED) is 0.629. The number of nitrogens with zero attached hydrogens (tertiary/aromatic N) is 1. The van der Waals surface area contributed by atoms with Gasteiger partial charge in [0, 0.05) is 10.0 Å². The van der Waals surface area contributed by atoms with Crippen molar-refractivity contribution in [2.24, 2.45) is 5.10 Å². The van der Waals surface area contributed by atoms with Crippen molar-refractivity contribution in [3.05, 3.63) is 57.6 Å². The van der Waals surface area contributed by atoms with Gasteiger partial charge in [0.25, 0.3) is 10.0 Å². The number of halogens is 1. The van der Waals surface area contributed by atoms with E-state index in [1.165, 1.54) is 12.3 Å². The Morgan fingerprint density at radius 1 is 1.18 bits per heavy atom. The van der Waals surface area contributed by atoms with E-state index in [2.05, 4.69) is 25.9 Å². The van der Waals surface area contributed by atoms with Crippen LogP contribution in [-0.2, 0) is 10.0 Å². The molecule has 0 unspecified atom stereocenters. The summed E-state index contributed by atoms with van der Waals surface area (Å²) in [7, 11) is -3.75. The van der Waals surface area contributed by atoms with Crippen LogP contribution in [-0.4, -0.2) is 19.7 Å². The third-order valence-electron chi connectivity index (χ3n) is 3.00. The topological polar surface area (TPSA) is 78.8 Å². The summed E-state index contributed by atoms with van der Waals surface area (Å²) in [5, 5.41) is 13.4. The van der Waals surface area contributed by atoms with E-state index in [9.17, 15) is 13.5 Å². The van der Waals surface area contributed by atoms with Gasteiger partial charge in [-0.05, 0) is 49.2 Å². The van der Waals surface area contributed by atoms with Crippen LogP contribution < -0.4 is 4.83 Å². The van der Waals surface area contributed by atoms with Gasteiger partial charge in [-0.2, -0.15) is 13.5 Å². The molecule has 22 heavy (non-hydrogen) atoms. The highest BCUT2D eigenvalue weighted by Crippen LogP contribution is 2.20. The van der Waals surface area contributed by atoms with Gasteiger partial charge in [-0.25, -0.2) is 4.83 Å². The van der Waals surface area contributed by atoms with Crippen LogP contribution in [0.2, 0.25) is 0 Å². The number of nitrogens with one attached hydrogen (secondary N) is 1. The number of sulfonamides is 1. The largest absolute Gasteiger partial charge is 0.507 e. The molecule has 7 heteroatoms. The van der Waals surface area contributed by atoms with Crippen LogP contribution in [0.25, 0.3) is 0 Å². The monoisotopic (exact) mass is 382 g/mol. The summed E-state index contributed by atoms with van der Waals surface area (Å²) in [5.41, 5.74) is 1.89. The van der Waals surface area contributed by atoms with Crippen LogP contribution in [0.5, 0.6) is 5.75 Å². The first-order valence-electron chi connectivity index (χ1n) is 6.40. The van der Waals surface area contributed by atoms with E-state index in [0.717, 1.165) is 10.0 Å². The number of aromatic hydroxyl groups is 1. The lowest BCUT2D eigenvalue weighted by molar-refractivity contribution is 0.474. The van der Waals surface area contributed by atoms with Crippen LogP contribution in [0.1, 0.15) is 16.7 Å². The number of phenols is 1. The first-order valence-corrected chi connectivity index (χ1v) is 8.68. The standard InChI is InChI=1S/C15H15BrN2O3S/c1-10-3-4-11(2)15(7-10)22(20,21)18-17-9-12-8-13(16)5-6-14(12)19/h3-9,18-19H,1-2H3. The van der Waals surface area contributed by atoms with E-state index in [4.69, 9.17) is 0 Å². The average Bonchev–Trinajstić information content (AvgIpc) is 2.45. The Balaban J connectivity index is 2.24. The van der Waals surface area contributed by atoms with Crippen molar-refractivity contribution in [2.75, 3.05) is 0 Å². The molecule has 0 saturated heterocycles.